The third-order valence-corrected chi connectivity index (χ3v) is 5.94. The first-order chi connectivity index (χ1) is 17.6. The molecule has 3 aromatic rings. The average Bonchev–Trinajstić information content (AvgIpc) is 3.34. The molecule has 0 bridgehead atoms. The molecule has 0 unspecified atom stereocenters. The Bertz CT molecular complexity index is 1420. The normalized spacial score (nSPS) is 18.2. The zero-order valence-corrected chi connectivity index (χ0v) is 20.9. The summed E-state index contributed by atoms with van der Waals surface area (Å²) >= 11 is 0. The van der Waals surface area contributed by atoms with Gasteiger partial charge in [0.1, 0.15) is 29.4 Å². The molecule has 1 aromatic carbocycles. The van der Waals surface area contributed by atoms with Crippen LogP contribution in [-0.2, 0) is 10.9 Å². The van der Waals surface area contributed by atoms with Crippen molar-refractivity contribution < 1.29 is 36.3 Å². The zero-order chi connectivity index (χ0) is 28.2. The molecule has 2 atom stereocenters. The number of rotatable bonds is 3. The second kappa shape index (κ2) is 9.40. The van der Waals surface area contributed by atoms with Gasteiger partial charge in [0.25, 0.3) is 5.91 Å². The van der Waals surface area contributed by atoms with Crippen molar-refractivity contribution in [1.29, 1.82) is 0 Å². The summed E-state index contributed by atoms with van der Waals surface area (Å²) in [7, 11) is 0. The maximum atomic E-state index is 15.0. The zero-order valence-electron chi connectivity index (χ0n) is 20.9. The molecule has 204 valence electrons. The fourth-order valence-electron chi connectivity index (χ4n) is 4.21. The maximum Gasteiger partial charge on any atom is 0.418 e. The number of carbonyl (C=O) groups is 2. The highest BCUT2D eigenvalue weighted by Gasteiger charge is 2.39. The molecule has 2 aromatic heterocycles. The number of nitrogens with zero attached hydrogens (tertiary/aromatic N) is 4. The second-order valence-electron chi connectivity index (χ2n) is 9.97. The molecule has 2 amide bonds. The minimum atomic E-state index is -4.84. The van der Waals surface area contributed by atoms with Gasteiger partial charge in [0.15, 0.2) is 5.82 Å². The number of aryl methyl sites for hydroxylation is 1. The third kappa shape index (κ3) is 5.20. The van der Waals surface area contributed by atoms with Crippen LogP contribution in [0, 0.1) is 12.7 Å². The lowest BCUT2D eigenvalue weighted by molar-refractivity contribution is -0.136. The molecule has 1 aliphatic rings. The molecule has 4 rings (SSSR count). The lowest BCUT2D eigenvalue weighted by atomic mass is 10.0. The molecule has 1 fully saturated rings. The van der Waals surface area contributed by atoms with Crippen molar-refractivity contribution in [3.8, 4) is 11.3 Å². The fourth-order valence-corrected chi connectivity index (χ4v) is 4.21. The van der Waals surface area contributed by atoms with Gasteiger partial charge >= 0.3 is 12.3 Å². The number of alkyl halides is 4. The first-order valence-electron chi connectivity index (χ1n) is 11.5. The summed E-state index contributed by atoms with van der Waals surface area (Å²) in [6, 6.07) is 1.63. The van der Waals surface area contributed by atoms with Gasteiger partial charge in [-0.1, -0.05) is 0 Å². The maximum absolute atomic E-state index is 15.0. The van der Waals surface area contributed by atoms with Crippen LogP contribution in [0.5, 0.6) is 0 Å². The fraction of sp³-hybridized carbons (Fsp3) is 0.417. The highest BCUT2D eigenvalue weighted by molar-refractivity contribution is 5.97. The molecule has 38 heavy (non-hydrogen) atoms. The van der Waals surface area contributed by atoms with Crippen molar-refractivity contribution in [3.63, 3.8) is 0 Å². The molecule has 3 N–H and O–H groups in total. The van der Waals surface area contributed by atoms with Gasteiger partial charge in [0.2, 0.25) is 0 Å². The molecular formula is C24H25F5N6O3. The van der Waals surface area contributed by atoms with Gasteiger partial charge in [-0.2, -0.15) is 18.3 Å². The molecule has 0 saturated carbocycles. The Morgan fingerprint density at radius 1 is 1.16 bits per heavy atom. The van der Waals surface area contributed by atoms with Crippen molar-refractivity contribution in [3.05, 3.63) is 47.0 Å². The summed E-state index contributed by atoms with van der Waals surface area (Å²) in [5.74, 6) is -2.17. The monoisotopic (exact) mass is 540 g/mol. The van der Waals surface area contributed by atoms with Gasteiger partial charge < -0.3 is 20.7 Å². The van der Waals surface area contributed by atoms with Crippen LogP contribution in [0.25, 0.3) is 16.8 Å². The summed E-state index contributed by atoms with van der Waals surface area (Å²) in [6.07, 6.45) is -6.26. The Balaban J connectivity index is 1.66. The van der Waals surface area contributed by atoms with Gasteiger partial charge in [-0.25, -0.2) is 23.1 Å². The minimum absolute atomic E-state index is 0.102. The van der Waals surface area contributed by atoms with Gasteiger partial charge in [0, 0.05) is 17.7 Å². The van der Waals surface area contributed by atoms with E-state index in [0.29, 0.717) is 6.07 Å². The van der Waals surface area contributed by atoms with Gasteiger partial charge in [0.05, 0.1) is 23.8 Å². The first kappa shape index (κ1) is 27.1. The summed E-state index contributed by atoms with van der Waals surface area (Å²) in [6.45, 7) is 5.94. The highest BCUT2D eigenvalue weighted by atomic mass is 19.4. The molecular weight excluding hydrogens is 515 g/mol. The number of anilines is 1. The topological polar surface area (TPSA) is 115 Å². The van der Waals surface area contributed by atoms with E-state index in [1.807, 2.05) is 0 Å². The van der Waals surface area contributed by atoms with Crippen LogP contribution in [0.2, 0.25) is 0 Å². The average molecular weight is 540 g/mol. The van der Waals surface area contributed by atoms with Crippen molar-refractivity contribution in [2.75, 3.05) is 18.8 Å². The van der Waals surface area contributed by atoms with Gasteiger partial charge in [-0.15, -0.1) is 0 Å². The Hall–Kier alpha value is -3.97. The van der Waals surface area contributed by atoms with E-state index >= 15 is 4.39 Å². The predicted molar refractivity (Wildman–Crippen MR) is 126 cm³/mol. The number of ether oxygens (including phenoxy) is 1. The molecule has 9 nitrogen and oxygen atoms in total. The predicted octanol–water partition coefficient (Wildman–Crippen LogP) is 4.13. The summed E-state index contributed by atoms with van der Waals surface area (Å²) in [4.78, 5) is 30.1. The van der Waals surface area contributed by atoms with E-state index in [-0.39, 0.29) is 35.5 Å². The van der Waals surface area contributed by atoms with E-state index in [4.69, 9.17) is 10.5 Å². The number of aromatic nitrogens is 3. The highest BCUT2D eigenvalue weighted by Crippen LogP contribution is 2.39. The van der Waals surface area contributed by atoms with E-state index < -0.39 is 58.7 Å². The van der Waals surface area contributed by atoms with Crippen LogP contribution < -0.4 is 11.1 Å². The van der Waals surface area contributed by atoms with Crippen molar-refractivity contribution in [2.24, 2.45) is 0 Å². The second-order valence-corrected chi connectivity index (χ2v) is 9.97. The number of amides is 2. The molecule has 1 aliphatic heterocycles. The lowest BCUT2D eigenvalue weighted by Gasteiger charge is -2.24. The summed E-state index contributed by atoms with van der Waals surface area (Å²) in [5.41, 5.74) is 2.51. The van der Waals surface area contributed by atoms with Crippen LogP contribution in [0.4, 0.5) is 32.6 Å². The van der Waals surface area contributed by atoms with Crippen LogP contribution >= 0.6 is 0 Å². The quantitative estimate of drug-likeness (QED) is 0.483. The number of fused-ring (bicyclic) bond motifs is 1. The number of nitrogen functional groups attached to an aromatic ring is 1. The molecule has 14 heteroatoms. The smallest absolute Gasteiger partial charge is 0.418 e. The molecule has 0 radical (unpaired) electrons. The number of hydrogen-bond donors (Lipinski definition) is 2. The van der Waals surface area contributed by atoms with E-state index in [0.717, 1.165) is 27.9 Å². The SMILES string of the molecule is Cc1cc(F)c(-c2cc(C(F)(F)F)c3c(N)ncnn23)cc1C(=O)N[C@@H]1CN(C(=O)OC(C)(C)C)C[C@@H]1F. The Labute approximate surface area is 213 Å². The van der Waals surface area contributed by atoms with Crippen molar-refractivity contribution in [1.82, 2.24) is 24.8 Å². The largest absolute Gasteiger partial charge is 0.444 e. The number of nitrogens with two attached hydrogens (primary N) is 1. The first-order valence-corrected chi connectivity index (χ1v) is 11.5. The van der Waals surface area contributed by atoms with Gasteiger partial charge in [-0.3, -0.25) is 4.79 Å². The van der Waals surface area contributed by atoms with Crippen LogP contribution in [0.15, 0.2) is 24.5 Å². The third-order valence-electron chi connectivity index (χ3n) is 5.94. The number of hydrogen-bond acceptors (Lipinski definition) is 6. The lowest BCUT2D eigenvalue weighted by Crippen LogP contribution is -2.42. The molecule has 0 spiro atoms. The van der Waals surface area contributed by atoms with Crippen LogP contribution in [0.1, 0.15) is 42.3 Å². The minimum Gasteiger partial charge on any atom is -0.444 e. The van der Waals surface area contributed by atoms with Gasteiger partial charge in [-0.05, 0) is 51.5 Å². The molecule has 1 saturated heterocycles. The Morgan fingerprint density at radius 2 is 1.84 bits per heavy atom. The Morgan fingerprint density at radius 3 is 2.47 bits per heavy atom. The number of halogens is 5. The number of nitrogens with one attached hydrogen (secondary N) is 1. The summed E-state index contributed by atoms with van der Waals surface area (Å²) in [5, 5.41) is 6.28. The summed E-state index contributed by atoms with van der Waals surface area (Å²) < 4.78 is 76.8. The Kier molecular flexibility index (Phi) is 6.70. The van der Waals surface area contributed by atoms with E-state index in [1.165, 1.54) is 6.92 Å². The van der Waals surface area contributed by atoms with E-state index in [1.54, 1.807) is 20.8 Å². The standard InChI is InChI=1S/C24H25F5N6O3/c1-11-5-15(25)13(18-7-14(24(27,28)29)19-20(30)31-10-32-35(18)19)6-12(11)21(36)33-17-9-34(8-16(17)26)22(37)38-23(2,3)4/h5-7,10,16-17H,8-9H2,1-4H3,(H,33,36)(H2,30,31,32)/t16-,17+/m0/s1. The molecule has 3 heterocycles. The van der Waals surface area contributed by atoms with E-state index in [9.17, 15) is 27.2 Å². The van der Waals surface area contributed by atoms with Crippen LogP contribution in [-0.4, -0.2) is 62.4 Å². The van der Waals surface area contributed by atoms with E-state index in [2.05, 4.69) is 15.4 Å². The number of benzene rings is 1. The number of likely N-dealkylation sites (tertiary alicyclic amines) is 1. The van der Waals surface area contributed by atoms with Crippen LogP contribution in [0.3, 0.4) is 0 Å². The number of carbonyl (C=O) groups excluding carboxylic acids is 2. The van der Waals surface area contributed by atoms with Crippen molar-refractivity contribution >= 4 is 23.3 Å². The van der Waals surface area contributed by atoms with Crippen molar-refractivity contribution in [2.45, 2.75) is 51.7 Å². The molecule has 0 aliphatic carbocycles.